The summed E-state index contributed by atoms with van der Waals surface area (Å²) in [6.45, 7) is 6.54. The van der Waals surface area contributed by atoms with E-state index in [2.05, 4.69) is 81.7 Å². The minimum atomic E-state index is -0.301. The molecule has 1 amide bonds. The van der Waals surface area contributed by atoms with Crippen molar-refractivity contribution in [3.8, 4) is 22.8 Å². The third-order valence-electron chi connectivity index (χ3n) is 5.37. The smallest absolute Gasteiger partial charge is 0.250 e. The summed E-state index contributed by atoms with van der Waals surface area (Å²) in [4.78, 5) is 12.4. The molecule has 3 aromatic carbocycles. The van der Waals surface area contributed by atoms with Crippen LogP contribution in [-0.4, -0.2) is 37.7 Å². The Bertz CT molecular complexity index is 1380. The van der Waals surface area contributed by atoms with Gasteiger partial charge in [-0.1, -0.05) is 90.9 Å². The maximum Gasteiger partial charge on any atom is 0.250 e. The fourth-order valence-corrected chi connectivity index (χ4v) is 4.57. The Morgan fingerprint density at radius 1 is 1.08 bits per heavy atom. The topological polar surface area (TPSA) is 92.4 Å². The standard InChI is InChI=1S/C27H26BrN5O2S/c1-27(2,3)20-11-9-18(10-12-20)25-31-32-26(33(25)22-7-5-4-6-8-22)36-17-24(35)30-29-16-19-15-21(28)13-14-23(19)34/h4-16,34H,17H2,1-3H3,(H,30,35)/b29-16-. The van der Waals surface area contributed by atoms with Crippen LogP contribution in [0, 0.1) is 0 Å². The van der Waals surface area contributed by atoms with E-state index in [0.717, 1.165) is 15.7 Å². The summed E-state index contributed by atoms with van der Waals surface area (Å²) in [7, 11) is 0. The van der Waals surface area contributed by atoms with E-state index in [1.165, 1.54) is 23.5 Å². The number of carbonyl (C=O) groups is 1. The van der Waals surface area contributed by atoms with Gasteiger partial charge in [0.15, 0.2) is 11.0 Å². The van der Waals surface area contributed by atoms with Crippen molar-refractivity contribution in [1.82, 2.24) is 20.2 Å². The normalized spacial score (nSPS) is 11.7. The van der Waals surface area contributed by atoms with E-state index in [1.54, 1.807) is 18.2 Å². The maximum atomic E-state index is 12.4. The first-order valence-electron chi connectivity index (χ1n) is 11.3. The van der Waals surface area contributed by atoms with Crippen molar-refractivity contribution in [2.24, 2.45) is 5.10 Å². The molecule has 0 fully saturated rings. The van der Waals surface area contributed by atoms with Crippen LogP contribution in [0.2, 0.25) is 0 Å². The number of hydrogen-bond donors (Lipinski definition) is 2. The number of carbonyl (C=O) groups excluding carboxylic acids is 1. The number of aromatic hydroxyl groups is 1. The largest absolute Gasteiger partial charge is 0.507 e. The van der Waals surface area contributed by atoms with Crippen LogP contribution in [0.3, 0.4) is 0 Å². The van der Waals surface area contributed by atoms with Crippen LogP contribution in [0.15, 0.2) is 87.5 Å². The number of hydrazone groups is 1. The SMILES string of the molecule is CC(C)(C)c1ccc(-c2nnc(SCC(=O)N/N=C\c3cc(Br)ccc3O)n2-c2ccccc2)cc1. The number of nitrogens with zero attached hydrogens (tertiary/aromatic N) is 4. The van der Waals surface area contributed by atoms with Gasteiger partial charge in [-0.05, 0) is 41.3 Å². The fraction of sp³-hybridized carbons (Fsp3) is 0.185. The molecule has 2 N–H and O–H groups in total. The summed E-state index contributed by atoms with van der Waals surface area (Å²) in [5.41, 5.74) is 6.12. The van der Waals surface area contributed by atoms with Gasteiger partial charge in [0.25, 0.3) is 5.91 Å². The van der Waals surface area contributed by atoms with Gasteiger partial charge in [0.1, 0.15) is 5.75 Å². The molecule has 0 saturated carbocycles. The van der Waals surface area contributed by atoms with Crippen LogP contribution in [0.25, 0.3) is 17.1 Å². The van der Waals surface area contributed by atoms with Gasteiger partial charge in [-0.2, -0.15) is 5.10 Å². The highest BCUT2D eigenvalue weighted by Gasteiger charge is 2.19. The average molecular weight is 565 g/mol. The Hall–Kier alpha value is -3.43. The van der Waals surface area contributed by atoms with Crippen molar-refractivity contribution in [2.45, 2.75) is 31.3 Å². The molecule has 0 unspecified atom stereocenters. The Morgan fingerprint density at radius 3 is 2.50 bits per heavy atom. The zero-order valence-electron chi connectivity index (χ0n) is 20.1. The molecule has 4 aromatic rings. The zero-order chi connectivity index (χ0) is 25.7. The minimum Gasteiger partial charge on any atom is -0.507 e. The second kappa shape index (κ2) is 11.1. The van der Waals surface area contributed by atoms with Gasteiger partial charge in [-0.15, -0.1) is 10.2 Å². The second-order valence-corrected chi connectivity index (χ2v) is 10.9. The number of aromatic nitrogens is 3. The molecule has 1 heterocycles. The number of halogens is 1. The lowest BCUT2D eigenvalue weighted by Crippen LogP contribution is -2.20. The van der Waals surface area contributed by atoms with Crippen molar-refractivity contribution in [3.05, 3.63) is 88.4 Å². The van der Waals surface area contributed by atoms with Gasteiger partial charge in [-0.25, -0.2) is 5.43 Å². The highest BCUT2D eigenvalue weighted by Crippen LogP contribution is 2.30. The van der Waals surface area contributed by atoms with Gasteiger partial charge >= 0.3 is 0 Å². The number of para-hydroxylation sites is 1. The Labute approximate surface area is 222 Å². The molecule has 0 aliphatic carbocycles. The van der Waals surface area contributed by atoms with Crippen molar-refractivity contribution in [1.29, 1.82) is 0 Å². The predicted molar refractivity (Wildman–Crippen MR) is 148 cm³/mol. The number of phenolic OH excluding ortho intramolecular Hbond substituents is 1. The van der Waals surface area contributed by atoms with Gasteiger partial charge in [0.05, 0.1) is 12.0 Å². The van der Waals surface area contributed by atoms with Crippen LogP contribution in [0.4, 0.5) is 0 Å². The summed E-state index contributed by atoms with van der Waals surface area (Å²) >= 11 is 4.62. The Morgan fingerprint density at radius 2 is 1.81 bits per heavy atom. The zero-order valence-corrected chi connectivity index (χ0v) is 22.5. The molecule has 1 aromatic heterocycles. The van der Waals surface area contributed by atoms with Crippen LogP contribution < -0.4 is 5.43 Å². The molecule has 0 spiro atoms. The first kappa shape index (κ1) is 25.7. The van der Waals surface area contributed by atoms with Crippen molar-refractivity contribution < 1.29 is 9.90 Å². The van der Waals surface area contributed by atoms with Gasteiger partial charge in [-0.3, -0.25) is 9.36 Å². The minimum absolute atomic E-state index is 0.0538. The van der Waals surface area contributed by atoms with Crippen molar-refractivity contribution >= 4 is 39.8 Å². The third-order valence-corrected chi connectivity index (χ3v) is 6.79. The first-order chi connectivity index (χ1) is 17.2. The summed E-state index contributed by atoms with van der Waals surface area (Å²) in [6.07, 6.45) is 1.40. The van der Waals surface area contributed by atoms with E-state index in [9.17, 15) is 9.90 Å². The quantitative estimate of drug-likeness (QED) is 0.165. The molecule has 0 aliphatic rings. The van der Waals surface area contributed by atoms with E-state index in [0.29, 0.717) is 16.5 Å². The van der Waals surface area contributed by atoms with Crippen LogP contribution in [-0.2, 0) is 10.2 Å². The number of phenols is 1. The lowest BCUT2D eigenvalue weighted by Gasteiger charge is -2.19. The molecule has 0 saturated heterocycles. The van der Waals surface area contributed by atoms with Crippen LogP contribution in [0.5, 0.6) is 5.75 Å². The second-order valence-electron chi connectivity index (χ2n) is 9.09. The first-order valence-corrected chi connectivity index (χ1v) is 13.1. The number of nitrogens with one attached hydrogen (secondary N) is 1. The van der Waals surface area contributed by atoms with E-state index in [-0.39, 0.29) is 22.8 Å². The van der Waals surface area contributed by atoms with Gasteiger partial charge in [0, 0.05) is 21.3 Å². The summed E-state index contributed by atoms with van der Waals surface area (Å²) in [6, 6.07) is 23.1. The molecule has 184 valence electrons. The van der Waals surface area contributed by atoms with E-state index in [1.807, 2.05) is 34.9 Å². The number of amides is 1. The summed E-state index contributed by atoms with van der Waals surface area (Å²) < 4.78 is 2.75. The molecule has 0 radical (unpaired) electrons. The molecular weight excluding hydrogens is 538 g/mol. The molecular formula is C27H26BrN5O2S. The number of benzene rings is 3. The third kappa shape index (κ3) is 6.22. The Kier molecular flexibility index (Phi) is 7.91. The lowest BCUT2D eigenvalue weighted by molar-refractivity contribution is -0.118. The molecule has 0 atom stereocenters. The maximum absolute atomic E-state index is 12.4. The van der Waals surface area contributed by atoms with Crippen LogP contribution in [0.1, 0.15) is 31.9 Å². The summed E-state index contributed by atoms with van der Waals surface area (Å²) in [5.74, 6) is 0.567. The Balaban J connectivity index is 1.52. The number of hydrogen-bond acceptors (Lipinski definition) is 6. The molecule has 0 bridgehead atoms. The predicted octanol–water partition coefficient (Wildman–Crippen LogP) is 5.94. The van der Waals surface area contributed by atoms with E-state index >= 15 is 0 Å². The number of thioether (sulfide) groups is 1. The molecule has 7 nitrogen and oxygen atoms in total. The average Bonchev–Trinajstić information content (AvgIpc) is 3.29. The monoisotopic (exact) mass is 563 g/mol. The summed E-state index contributed by atoms with van der Waals surface area (Å²) in [5, 5.41) is 23.3. The molecule has 36 heavy (non-hydrogen) atoms. The number of rotatable bonds is 7. The highest BCUT2D eigenvalue weighted by molar-refractivity contribution is 9.10. The highest BCUT2D eigenvalue weighted by atomic mass is 79.9. The van der Waals surface area contributed by atoms with Crippen LogP contribution >= 0.6 is 27.7 Å². The van der Waals surface area contributed by atoms with Gasteiger partial charge in [0.2, 0.25) is 0 Å². The molecule has 0 aliphatic heterocycles. The molecule has 9 heteroatoms. The fourth-order valence-electron chi connectivity index (χ4n) is 3.44. The molecule has 4 rings (SSSR count). The van der Waals surface area contributed by atoms with Crippen molar-refractivity contribution in [2.75, 3.05) is 5.75 Å². The van der Waals surface area contributed by atoms with E-state index < -0.39 is 0 Å². The van der Waals surface area contributed by atoms with Crippen molar-refractivity contribution in [3.63, 3.8) is 0 Å². The van der Waals surface area contributed by atoms with E-state index in [4.69, 9.17) is 0 Å². The van der Waals surface area contributed by atoms with Gasteiger partial charge < -0.3 is 5.11 Å². The lowest BCUT2D eigenvalue weighted by atomic mass is 9.87.